The maximum atomic E-state index is 12.8. The maximum absolute atomic E-state index is 12.8. The first kappa shape index (κ1) is 18.7. The first-order chi connectivity index (χ1) is 14.1. The molecule has 0 N–H and O–H groups in total. The van der Waals surface area contributed by atoms with Crippen molar-refractivity contribution in [2.24, 2.45) is 11.1 Å². The summed E-state index contributed by atoms with van der Waals surface area (Å²) in [5.74, 6) is -0.611. The van der Waals surface area contributed by atoms with Crippen molar-refractivity contribution in [2.75, 3.05) is 13.7 Å². The van der Waals surface area contributed by atoms with E-state index in [4.69, 9.17) is 18.7 Å². The molecule has 7 heteroatoms. The minimum Gasteiger partial charge on any atom is -0.497 e. The third kappa shape index (κ3) is 3.47. The highest BCUT2D eigenvalue weighted by molar-refractivity contribution is 6.13. The number of carbonyl (C=O) groups is 1. The number of nitrogens with zero attached hydrogens (tertiary/aromatic N) is 1. The van der Waals surface area contributed by atoms with Crippen molar-refractivity contribution in [3.8, 4) is 5.75 Å². The van der Waals surface area contributed by atoms with E-state index in [1.54, 1.807) is 50.4 Å². The largest absolute Gasteiger partial charge is 0.497 e. The molecular formula is C22H19NO6. The highest BCUT2D eigenvalue weighted by atomic mass is 16.6. The number of fused-ring (bicyclic) bond motifs is 1. The van der Waals surface area contributed by atoms with Crippen LogP contribution >= 0.6 is 0 Å². The lowest BCUT2D eigenvalue weighted by atomic mass is 9.87. The van der Waals surface area contributed by atoms with Crippen LogP contribution in [0, 0.1) is 5.92 Å². The molecule has 7 nitrogen and oxygen atoms in total. The van der Waals surface area contributed by atoms with Gasteiger partial charge in [0.2, 0.25) is 0 Å². The number of para-hydroxylation sites is 1. The van der Waals surface area contributed by atoms with Gasteiger partial charge in [-0.05, 0) is 37.3 Å². The number of esters is 1. The van der Waals surface area contributed by atoms with Gasteiger partial charge in [-0.15, -0.1) is 0 Å². The van der Waals surface area contributed by atoms with Gasteiger partial charge in [0.25, 0.3) is 0 Å². The molecule has 0 radical (unpaired) electrons. The van der Waals surface area contributed by atoms with Gasteiger partial charge >= 0.3 is 11.6 Å². The summed E-state index contributed by atoms with van der Waals surface area (Å²) < 4.78 is 15.7. The van der Waals surface area contributed by atoms with Crippen LogP contribution in [0.2, 0.25) is 0 Å². The van der Waals surface area contributed by atoms with E-state index in [2.05, 4.69) is 5.16 Å². The van der Waals surface area contributed by atoms with Crippen LogP contribution in [0.25, 0.3) is 11.0 Å². The number of methoxy groups -OCH3 is 1. The summed E-state index contributed by atoms with van der Waals surface area (Å²) in [7, 11) is 1.58. The van der Waals surface area contributed by atoms with Gasteiger partial charge in [-0.1, -0.05) is 23.4 Å². The molecule has 148 valence electrons. The predicted octanol–water partition coefficient (Wildman–Crippen LogP) is 3.46. The standard InChI is InChI=1S/C22H19NO6/c1-3-27-22(25)19-20(13-8-10-14(26-2)11-9-13)23-29-21(19)16-12-18(24)28-17-7-5-4-6-15(16)17/h4-12,19,21H,3H2,1-2H3/t19-,21+/m1/s1. The van der Waals surface area contributed by atoms with Crippen LogP contribution in [-0.2, 0) is 14.4 Å². The molecule has 1 aliphatic rings. The van der Waals surface area contributed by atoms with Gasteiger partial charge in [-0.2, -0.15) is 0 Å². The van der Waals surface area contributed by atoms with E-state index in [0.717, 1.165) is 0 Å². The fourth-order valence-electron chi connectivity index (χ4n) is 3.44. The molecule has 0 unspecified atom stereocenters. The molecule has 0 amide bonds. The molecule has 2 aromatic carbocycles. The minimum absolute atomic E-state index is 0.218. The number of hydrogen-bond acceptors (Lipinski definition) is 7. The van der Waals surface area contributed by atoms with Crippen LogP contribution in [0.3, 0.4) is 0 Å². The molecule has 29 heavy (non-hydrogen) atoms. The smallest absolute Gasteiger partial charge is 0.336 e. The van der Waals surface area contributed by atoms with E-state index in [1.807, 2.05) is 12.1 Å². The van der Waals surface area contributed by atoms with Gasteiger partial charge < -0.3 is 18.7 Å². The maximum Gasteiger partial charge on any atom is 0.336 e. The molecule has 1 aliphatic heterocycles. The number of rotatable bonds is 5. The molecule has 1 aromatic heterocycles. The van der Waals surface area contributed by atoms with Gasteiger partial charge in [0.15, 0.2) is 6.10 Å². The Balaban J connectivity index is 1.80. The van der Waals surface area contributed by atoms with Crippen molar-refractivity contribution in [1.82, 2.24) is 0 Å². The first-order valence-corrected chi connectivity index (χ1v) is 9.20. The fourth-order valence-corrected chi connectivity index (χ4v) is 3.44. The van der Waals surface area contributed by atoms with E-state index in [1.165, 1.54) is 6.07 Å². The second kappa shape index (κ2) is 7.79. The molecule has 2 heterocycles. The fraction of sp³-hybridized carbons (Fsp3) is 0.227. The van der Waals surface area contributed by atoms with Crippen molar-refractivity contribution in [1.29, 1.82) is 0 Å². The average Bonchev–Trinajstić information content (AvgIpc) is 3.18. The molecule has 0 aliphatic carbocycles. The second-order valence-electron chi connectivity index (χ2n) is 6.48. The van der Waals surface area contributed by atoms with Crippen molar-refractivity contribution < 1.29 is 23.5 Å². The summed E-state index contributed by atoms with van der Waals surface area (Å²) in [5.41, 5.74) is 1.57. The third-order valence-corrected chi connectivity index (χ3v) is 4.78. The summed E-state index contributed by atoms with van der Waals surface area (Å²) in [6.07, 6.45) is -0.805. The number of benzene rings is 2. The Morgan fingerprint density at radius 2 is 1.90 bits per heavy atom. The van der Waals surface area contributed by atoms with Crippen molar-refractivity contribution in [2.45, 2.75) is 13.0 Å². The predicted molar refractivity (Wildman–Crippen MR) is 106 cm³/mol. The highest BCUT2D eigenvalue weighted by Gasteiger charge is 2.43. The van der Waals surface area contributed by atoms with E-state index < -0.39 is 23.6 Å². The lowest BCUT2D eigenvalue weighted by molar-refractivity contribution is -0.148. The summed E-state index contributed by atoms with van der Waals surface area (Å²) in [5, 5.41) is 4.86. The van der Waals surface area contributed by atoms with Gasteiger partial charge in [0, 0.05) is 22.6 Å². The zero-order chi connectivity index (χ0) is 20.4. The van der Waals surface area contributed by atoms with Crippen LogP contribution < -0.4 is 10.4 Å². The Morgan fingerprint density at radius 3 is 2.62 bits per heavy atom. The van der Waals surface area contributed by atoms with E-state index in [-0.39, 0.29) is 6.61 Å². The monoisotopic (exact) mass is 393 g/mol. The summed E-state index contributed by atoms with van der Waals surface area (Å²) >= 11 is 0. The topological polar surface area (TPSA) is 87.3 Å². The molecule has 0 saturated heterocycles. The van der Waals surface area contributed by atoms with E-state index >= 15 is 0 Å². The molecule has 0 fully saturated rings. The SMILES string of the molecule is CCOC(=O)[C@@H]1C(c2ccc(OC)cc2)=NO[C@H]1c1cc(=O)oc2ccccc12. The Morgan fingerprint density at radius 1 is 1.14 bits per heavy atom. The van der Waals surface area contributed by atoms with Crippen LogP contribution in [-0.4, -0.2) is 25.4 Å². The van der Waals surface area contributed by atoms with Gasteiger partial charge in [0.1, 0.15) is 23.0 Å². The molecule has 4 rings (SSSR count). The molecule has 2 atom stereocenters. The van der Waals surface area contributed by atoms with Crippen molar-refractivity contribution in [3.05, 3.63) is 76.1 Å². The van der Waals surface area contributed by atoms with Gasteiger partial charge in [-0.25, -0.2) is 4.79 Å². The Bertz CT molecular complexity index is 1130. The van der Waals surface area contributed by atoms with Crippen LogP contribution in [0.5, 0.6) is 5.75 Å². The van der Waals surface area contributed by atoms with Crippen molar-refractivity contribution >= 4 is 22.7 Å². The lowest BCUT2D eigenvalue weighted by Crippen LogP contribution is -2.29. The van der Waals surface area contributed by atoms with Gasteiger partial charge in [0.05, 0.1) is 13.7 Å². The minimum atomic E-state index is -0.825. The molecule has 3 aromatic rings. The van der Waals surface area contributed by atoms with Crippen LogP contribution in [0.15, 0.2) is 69.0 Å². The Kier molecular flexibility index (Phi) is 5.03. The quantitative estimate of drug-likeness (QED) is 0.487. The number of oxime groups is 1. The molecule has 0 bridgehead atoms. The van der Waals surface area contributed by atoms with E-state index in [0.29, 0.717) is 33.6 Å². The van der Waals surface area contributed by atoms with E-state index in [9.17, 15) is 9.59 Å². The zero-order valence-corrected chi connectivity index (χ0v) is 16.0. The summed E-state index contributed by atoms with van der Waals surface area (Å²) in [4.78, 5) is 30.6. The number of hydrogen-bond donors (Lipinski definition) is 0. The molecular weight excluding hydrogens is 374 g/mol. The first-order valence-electron chi connectivity index (χ1n) is 9.20. The number of carbonyl (C=O) groups excluding carboxylic acids is 1. The normalized spacial score (nSPS) is 18.2. The Hall–Kier alpha value is -3.61. The third-order valence-electron chi connectivity index (χ3n) is 4.78. The summed E-state index contributed by atoms with van der Waals surface area (Å²) in [6.45, 7) is 1.95. The van der Waals surface area contributed by atoms with Crippen molar-refractivity contribution in [3.63, 3.8) is 0 Å². The molecule has 0 spiro atoms. The lowest BCUT2D eigenvalue weighted by Gasteiger charge is -2.19. The Labute approximate surface area is 166 Å². The summed E-state index contributed by atoms with van der Waals surface area (Å²) in [6, 6.07) is 15.6. The van der Waals surface area contributed by atoms with Gasteiger partial charge in [-0.3, -0.25) is 4.79 Å². The zero-order valence-electron chi connectivity index (χ0n) is 16.0. The van der Waals surface area contributed by atoms with Crippen LogP contribution in [0.1, 0.15) is 24.2 Å². The average molecular weight is 393 g/mol. The number of ether oxygens (including phenoxy) is 2. The van der Waals surface area contributed by atoms with Crippen LogP contribution in [0.4, 0.5) is 0 Å². The molecule has 0 saturated carbocycles. The second-order valence-corrected chi connectivity index (χ2v) is 6.48. The highest BCUT2D eigenvalue weighted by Crippen LogP contribution is 2.38.